The molecule has 0 bridgehead atoms. The van der Waals surface area contributed by atoms with Gasteiger partial charge in [-0.15, -0.1) is 0 Å². The predicted octanol–water partition coefficient (Wildman–Crippen LogP) is 16.6. The molecule has 0 aromatic carbocycles. The molecule has 0 heterocycles. The summed E-state index contributed by atoms with van der Waals surface area (Å²) in [5, 5.41) is 0. The first-order valence-electron chi connectivity index (χ1n) is 25.3. The zero-order valence-electron chi connectivity index (χ0n) is 40.1. The summed E-state index contributed by atoms with van der Waals surface area (Å²) in [6.45, 7) is 6.31. The van der Waals surface area contributed by atoms with Gasteiger partial charge in [-0.2, -0.15) is 0 Å². The summed E-state index contributed by atoms with van der Waals surface area (Å²) >= 11 is 0. The number of ether oxygens (including phenoxy) is 3. The van der Waals surface area contributed by atoms with Crippen LogP contribution < -0.4 is 0 Å². The number of allylic oxidation sites excluding steroid dienone is 16. The van der Waals surface area contributed by atoms with Crippen LogP contribution in [0.15, 0.2) is 97.2 Å². The van der Waals surface area contributed by atoms with Gasteiger partial charge in [-0.1, -0.05) is 201 Å². The van der Waals surface area contributed by atoms with Gasteiger partial charge in [0.2, 0.25) is 0 Å². The van der Waals surface area contributed by atoms with E-state index in [0.29, 0.717) is 19.3 Å². The number of hydrogen-bond acceptors (Lipinski definition) is 6. The number of carbonyl (C=O) groups excluding carboxylic acids is 3. The normalized spacial score (nSPS) is 12.9. The minimum atomic E-state index is -0.801. The Bertz CT molecular complexity index is 1260. The third kappa shape index (κ3) is 47.4. The zero-order valence-corrected chi connectivity index (χ0v) is 40.1. The first-order valence-corrected chi connectivity index (χ1v) is 25.3. The average molecular weight is 861 g/mol. The zero-order chi connectivity index (χ0) is 45.1. The first kappa shape index (κ1) is 58.3. The lowest BCUT2D eigenvalue weighted by molar-refractivity contribution is -0.167. The molecule has 0 N–H and O–H groups in total. The highest BCUT2D eigenvalue weighted by atomic mass is 16.6. The van der Waals surface area contributed by atoms with Gasteiger partial charge in [0.15, 0.2) is 6.10 Å². The van der Waals surface area contributed by atoms with Crippen LogP contribution in [0.2, 0.25) is 0 Å². The van der Waals surface area contributed by atoms with Crippen LogP contribution in [0.3, 0.4) is 0 Å². The fourth-order valence-electron chi connectivity index (χ4n) is 6.64. The molecule has 1 unspecified atom stereocenters. The number of hydrogen-bond donors (Lipinski definition) is 0. The van der Waals surface area contributed by atoms with Crippen molar-refractivity contribution in [1.29, 1.82) is 0 Å². The van der Waals surface area contributed by atoms with Gasteiger partial charge in [0, 0.05) is 19.3 Å². The molecule has 0 aromatic rings. The van der Waals surface area contributed by atoms with Crippen LogP contribution in [0.25, 0.3) is 0 Å². The van der Waals surface area contributed by atoms with Crippen molar-refractivity contribution in [3.63, 3.8) is 0 Å². The van der Waals surface area contributed by atoms with Crippen molar-refractivity contribution < 1.29 is 28.6 Å². The average Bonchev–Trinajstić information content (AvgIpc) is 3.27. The number of rotatable bonds is 44. The van der Waals surface area contributed by atoms with Crippen LogP contribution in [-0.2, 0) is 28.6 Å². The summed E-state index contributed by atoms with van der Waals surface area (Å²) < 4.78 is 16.7. The van der Waals surface area contributed by atoms with Gasteiger partial charge in [0.1, 0.15) is 13.2 Å². The maximum absolute atomic E-state index is 12.8. The highest BCUT2D eigenvalue weighted by Crippen LogP contribution is 2.14. The molecule has 1 atom stereocenters. The lowest BCUT2D eigenvalue weighted by Gasteiger charge is -2.18. The Hall–Kier alpha value is -3.67. The molecule has 352 valence electrons. The largest absolute Gasteiger partial charge is 0.462 e. The van der Waals surface area contributed by atoms with Gasteiger partial charge in [-0.05, 0) is 96.3 Å². The topological polar surface area (TPSA) is 78.9 Å². The first-order chi connectivity index (χ1) is 30.5. The van der Waals surface area contributed by atoms with E-state index in [1.807, 2.05) is 36.5 Å². The molecule has 0 aromatic heterocycles. The van der Waals surface area contributed by atoms with E-state index < -0.39 is 6.10 Å². The standard InChI is InChI=1S/C56H92O6/c1-4-7-10-13-16-19-22-25-27-29-31-34-37-40-43-46-49-55(58)61-52-53(51-60-54(57)48-45-42-39-36-33-30-24-21-18-15-12-9-6-3)62-56(59)50-47-44-41-38-35-32-28-26-23-20-17-14-11-8-5-2/h7,9-10,12,15-16,18-21,23-25,27,30,33,53H,4-6,8,11,13-14,17,22,26,28-29,31-32,34-52H2,1-3H3/b10-7+,12-9+,18-15+,19-16+,23-20+,24-21+,27-25+,33-30+. The highest BCUT2D eigenvalue weighted by molar-refractivity contribution is 5.71. The Morgan fingerprint density at radius 1 is 0.355 bits per heavy atom. The van der Waals surface area contributed by atoms with Crippen molar-refractivity contribution in [2.75, 3.05) is 13.2 Å². The lowest BCUT2D eigenvalue weighted by atomic mass is 10.1. The van der Waals surface area contributed by atoms with Crippen molar-refractivity contribution in [3.05, 3.63) is 97.2 Å². The van der Waals surface area contributed by atoms with E-state index in [-0.39, 0.29) is 31.1 Å². The quantitative estimate of drug-likeness (QED) is 0.0200. The second kappa shape index (κ2) is 50.0. The van der Waals surface area contributed by atoms with Gasteiger partial charge < -0.3 is 14.2 Å². The van der Waals surface area contributed by atoms with E-state index in [1.54, 1.807) is 0 Å². The molecule has 0 saturated carbocycles. The van der Waals surface area contributed by atoms with Gasteiger partial charge in [0.05, 0.1) is 0 Å². The second-order valence-electron chi connectivity index (χ2n) is 16.4. The van der Waals surface area contributed by atoms with Crippen LogP contribution >= 0.6 is 0 Å². The molecule has 0 fully saturated rings. The van der Waals surface area contributed by atoms with Crippen LogP contribution in [0.4, 0.5) is 0 Å². The number of carbonyl (C=O) groups is 3. The smallest absolute Gasteiger partial charge is 0.306 e. The molecule has 0 spiro atoms. The van der Waals surface area contributed by atoms with Crippen molar-refractivity contribution >= 4 is 17.9 Å². The van der Waals surface area contributed by atoms with Gasteiger partial charge in [-0.25, -0.2) is 0 Å². The summed E-state index contributed by atoms with van der Waals surface area (Å²) in [6, 6.07) is 0. The summed E-state index contributed by atoms with van der Waals surface area (Å²) in [5.74, 6) is -0.961. The molecular formula is C56H92O6. The monoisotopic (exact) mass is 861 g/mol. The van der Waals surface area contributed by atoms with Crippen molar-refractivity contribution in [3.8, 4) is 0 Å². The number of unbranched alkanes of at least 4 members (excludes halogenated alkanes) is 20. The summed E-state index contributed by atoms with van der Waals surface area (Å²) in [6.07, 6.45) is 65.3. The summed E-state index contributed by atoms with van der Waals surface area (Å²) in [7, 11) is 0. The Labute approximate surface area is 381 Å². The minimum absolute atomic E-state index is 0.100. The van der Waals surface area contributed by atoms with Crippen LogP contribution in [0, 0.1) is 0 Å². The van der Waals surface area contributed by atoms with Crippen molar-refractivity contribution in [2.45, 2.75) is 226 Å². The molecule has 0 rings (SSSR count). The minimum Gasteiger partial charge on any atom is -0.462 e. The van der Waals surface area contributed by atoms with Crippen molar-refractivity contribution in [1.82, 2.24) is 0 Å². The fourth-order valence-corrected chi connectivity index (χ4v) is 6.64. The van der Waals surface area contributed by atoms with E-state index in [1.165, 1.54) is 77.0 Å². The maximum Gasteiger partial charge on any atom is 0.306 e. The molecule has 0 amide bonds. The maximum atomic E-state index is 12.8. The third-order valence-corrected chi connectivity index (χ3v) is 10.4. The molecule has 0 aliphatic heterocycles. The second-order valence-corrected chi connectivity index (χ2v) is 16.4. The molecule has 0 saturated heterocycles. The molecule has 6 heteroatoms. The highest BCUT2D eigenvalue weighted by Gasteiger charge is 2.19. The van der Waals surface area contributed by atoms with E-state index in [4.69, 9.17) is 14.2 Å². The van der Waals surface area contributed by atoms with E-state index >= 15 is 0 Å². The molecular weight excluding hydrogens is 769 g/mol. The molecule has 6 nitrogen and oxygen atoms in total. The van der Waals surface area contributed by atoms with Gasteiger partial charge in [0.25, 0.3) is 0 Å². The van der Waals surface area contributed by atoms with Crippen LogP contribution in [0.5, 0.6) is 0 Å². The lowest BCUT2D eigenvalue weighted by Crippen LogP contribution is -2.30. The fraction of sp³-hybridized carbons (Fsp3) is 0.661. The Balaban J connectivity index is 4.47. The predicted molar refractivity (Wildman–Crippen MR) is 265 cm³/mol. The molecule has 0 radical (unpaired) electrons. The van der Waals surface area contributed by atoms with E-state index in [0.717, 1.165) is 103 Å². The Morgan fingerprint density at radius 2 is 0.710 bits per heavy atom. The SMILES string of the molecule is CC/C=C/C=C/C=C/C=C/CCCCCC(=O)OCC(COC(=O)CCCCCCCC/C=C/C/C=C/C/C=C/CC)OC(=O)CCCCCCCCC/C=C/CCCCCC. The number of esters is 3. The van der Waals surface area contributed by atoms with Gasteiger partial charge in [-0.3, -0.25) is 14.4 Å². The Morgan fingerprint density at radius 3 is 1.21 bits per heavy atom. The van der Waals surface area contributed by atoms with Crippen LogP contribution in [0.1, 0.15) is 220 Å². The summed E-state index contributed by atoms with van der Waals surface area (Å²) in [4.78, 5) is 37.9. The third-order valence-electron chi connectivity index (χ3n) is 10.4. The summed E-state index contributed by atoms with van der Waals surface area (Å²) in [5.41, 5.74) is 0. The van der Waals surface area contributed by atoms with Crippen LogP contribution in [-0.4, -0.2) is 37.2 Å². The van der Waals surface area contributed by atoms with Gasteiger partial charge >= 0.3 is 17.9 Å². The Kier molecular flexibility index (Phi) is 47.0. The van der Waals surface area contributed by atoms with Crippen molar-refractivity contribution in [2.24, 2.45) is 0 Å². The molecule has 62 heavy (non-hydrogen) atoms. The van der Waals surface area contributed by atoms with E-state index in [9.17, 15) is 14.4 Å². The van der Waals surface area contributed by atoms with E-state index in [2.05, 4.69) is 81.5 Å². The molecule has 0 aliphatic carbocycles. The molecule has 0 aliphatic rings.